The molecular formula is C20H20BrN5O7. The Hall–Kier alpha value is -3.76. The van der Waals surface area contributed by atoms with Crippen LogP contribution in [0.4, 0.5) is 5.69 Å². The van der Waals surface area contributed by atoms with E-state index < -0.39 is 22.9 Å². The van der Waals surface area contributed by atoms with Crippen molar-refractivity contribution in [2.75, 3.05) is 21.3 Å². The monoisotopic (exact) mass is 521 g/mol. The van der Waals surface area contributed by atoms with Gasteiger partial charge >= 0.3 is 0 Å². The number of hydrogen-bond acceptors (Lipinski definition) is 9. The van der Waals surface area contributed by atoms with Crippen LogP contribution in [0.2, 0.25) is 0 Å². The Morgan fingerprint density at radius 3 is 2.52 bits per heavy atom. The molecule has 1 aromatic carbocycles. The number of nitriles is 1. The molecule has 0 atom stereocenters. The van der Waals surface area contributed by atoms with E-state index in [2.05, 4.69) is 26.5 Å². The van der Waals surface area contributed by atoms with Gasteiger partial charge in [0, 0.05) is 22.8 Å². The first kappa shape index (κ1) is 25.5. The number of methoxy groups -OCH3 is 3. The number of amides is 1. The van der Waals surface area contributed by atoms with Crippen LogP contribution in [0.3, 0.4) is 0 Å². The molecule has 2 aromatic rings. The number of benzene rings is 1. The zero-order chi connectivity index (χ0) is 24.7. The minimum Gasteiger partial charge on any atom is -0.493 e. The molecule has 12 nitrogen and oxygen atoms in total. The highest BCUT2D eigenvalue weighted by Gasteiger charge is 2.20. The molecular weight excluding hydrogens is 502 g/mol. The Kier molecular flexibility index (Phi) is 8.66. The van der Waals surface area contributed by atoms with Gasteiger partial charge in [0.15, 0.2) is 11.5 Å². The van der Waals surface area contributed by atoms with Crippen molar-refractivity contribution < 1.29 is 23.9 Å². The van der Waals surface area contributed by atoms with Crippen molar-refractivity contribution in [3.05, 3.63) is 59.5 Å². The zero-order valence-corrected chi connectivity index (χ0v) is 19.8. The molecule has 0 aliphatic carbocycles. The van der Waals surface area contributed by atoms with Gasteiger partial charge < -0.3 is 18.8 Å². The molecule has 0 aliphatic rings. The number of rotatable bonds is 9. The van der Waals surface area contributed by atoms with Crippen LogP contribution in [0.25, 0.3) is 0 Å². The molecule has 1 aromatic heterocycles. The second-order valence-electron chi connectivity index (χ2n) is 6.51. The summed E-state index contributed by atoms with van der Waals surface area (Å²) in [6.07, 6.45) is 1.08. The number of carbonyl (C=O) groups is 1. The van der Waals surface area contributed by atoms with Crippen LogP contribution < -0.4 is 20.5 Å². The molecule has 33 heavy (non-hydrogen) atoms. The number of hydrazone groups is 1. The molecule has 0 bridgehead atoms. The lowest BCUT2D eigenvalue weighted by atomic mass is 10.1. The Morgan fingerprint density at radius 1 is 1.33 bits per heavy atom. The maximum atomic E-state index is 12.7. The Bertz CT molecular complexity index is 1220. The summed E-state index contributed by atoms with van der Waals surface area (Å²) < 4.78 is 16.8. The van der Waals surface area contributed by atoms with Gasteiger partial charge in [0.25, 0.3) is 17.2 Å². The molecule has 0 saturated carbocycles. The van der Waals surface area contributed by atoms with Crippen LogP contribution >= 0.6 is 15.9 Å². The van der Waals surface area contributed by atoms with E-state index in [9.17, 15) is 25.0 Å². The fourth-order valence-electron chi connectivity index (χ4n) is 2.95. The van der Waals surface area contributed by atoms with Crippen molar-refractivity contribution in [1.82, 2.24) is 9.99 Å². The lowest BCUT2D eigenvalue weighted by Crippen LogP contribution is -2.33. The second-order valence-corrected chi connectivity index (χ2v) is 7.30. The topological polar surface area (TPSA) is 158 Å². The Morgan fingerprint density at radius 2 is 1.97 bits per heavy atom. The molecule has 1 amide bonds. The first-order valence-corrected chi connectivity index (χ1v) is 10.0. The third-order valence-electron chi connectivity index (χ3n) is 4.57. The van der Waals surface area contributed by atoms with Crippen molar-refractivity contribution in [3.8, 4) is 17.6 Å². The highest BCUT2D eigenvalue weighted by atomic mass is 79.9. The van der Waals surface area contributed by atoms with Gasteiger partial charge in [-0.3, -0.25) is 19.7 Å². The number of nitro groups is 1. The zero-order valence-electron chi connectivity index (χ0n) is 18.2. The number of ether oxygens (including phenoxy) is 3. The second kappa shape index (κ2) is 11.2. The Balaban J connectivity index is 2.30. The maximum absolute atomic E-state index is 12.7. The maximum Gasteiger partial charge on any atom is 0.282 e. The number of hydrogen-bond donors (Lipinski definition) is 1. The van der Waals surface area contributed by atoms with E-state index in [4.69, 9.17) is 14.2 Å². The SMILES string of the molecule is COCc1c(Br)c(C)n(CC(=O)N/N=C/c2cc(OC)c(OC)cc2[N+](=O)[O-])c(=O)c1C#N. The Labute approximate surface area is 196 Å². The summed E-state index contributed by atoms with van der Waals surface area (Å²) in [5.74, 6) is -0.283. The molecule has 174 valence electrons. The highest BCUT2D eigenvalue weighted by Crippen LogP contribution is 2.33. The van der Waals surface area contributed by atoms with Crippen molar-refractivity contribution in [3.63, 3.8) is 0 Å². The normalized spacial score (nSPS) is 10.7. The van der Waals surface area contributed by atoms with Crippen LogP contribution in [0, 0.1) is 28.4 Å². The smallest absolute Gasteiger partial charge is 0.282 e. The molecule has 0 aliphatic heterocycles. The summed E-state index contributed by atoms with van der Waals surface area (Å²) in [7, 11) is 4.15. The van der Waals surface area contributed by atoms with E-state index >= 15 is 0 Å². The molecule has 0 unspecified atom stereocenters. The van der Waals surface area contributed by atoms with Crippen LogP contribution in [0.5, 0.6) is 11.5 Å². The molecule has 0 radical (unpaired) electrons. The third-order valence-corrected chi connectivity index (χ3v) is 5.63. The third kappa shape index (κ3) is 5.54. The van der Waals surface area contributed by atoms with E-state index in [1.807, 2.05) is 6.07 Å². The van der Waals surface area contributed by atoms with E-state index in [0.717, 1.165) is 10.8 Å². The first-order valence-electron chi connectivity index (χ1n) is 9.23. The molecule has 1 N–H and O–H groups in total. The molecule has 2 rings (SSSR count). The van der Waals surface area contributed by atoms with Crippen molar-refractivity contribution in [2.24, 2.45) is 5.10 Å². The van der Waals surface area contributed by atoms with Crippen LogP contribution in [0.1, 0.15) is 22.4 Å². The number of aromatic nitrogens is 1. The minimum absolute atomic E-state index is 0.0426. The van der Waals surface area contributed by atoms with Crippen LogP contribution in [-0.2, 0) is 22.7 Å². The number of carbonyl (C=O) groups excluding carboxylic acids is 1. The summed E-state index contributed by atoms with van der Waals surface area (Å²) in [4.78, 5) is 35.8. The number of pyridine rings is 1. The summed E-state index contributed by atoms with van der Waals surface area (Å²) in [5.41, 5.74) is 1.97. The van der Waals surface area contributed by atoms with Gasteiger partial charge in [-0.15, -0.1) is 0 Å². The van der Waals surface area contributed by atoms with E-state index in [-0.39, 0.29) is 34.9 Å². The fraction of sp³-hybridized carbons (Fsp3) is 0.300. The molecule has 0 saturated heterocycles. The lowest BCUT2D eigenvalue weighted by molar-refractivity contribution is -0.385. The molecule has 13 heteroatoms. The lowest BCUT2D eigenvalue weighted by Gasteiger charge is -2.15. The van der Waals surface area contributed by atoms with Gasteiger partial charge in [-0.1, -0.05) is 0 Å². The number of nitrogens with zero attached hydrogens (tertiary/aromatic N) is 4. The number of nitro benzene ring substituents is 1. The minimum atomic E-state index is -0.685. The van der Waals surface area contributed by atoms with Gasteiger partial charge in [-0.05, 0) is 28.9 Å². The predicted octanol–water partition coefficient (Wildman–Crippen LogP) is 2.01. The standard InChI is InChI=1S/C20H20BrN5O7/c1-11-19(21)14(10-31-2)13(7-22)20(28)25(11)9-18(27)24-23-8-12-5-16(32-3)17(33-4)6-15(12)26(29)30/h5-6,8H,9-10H2,1-4H3,(H,24,27)/b23-8+. The average molecular weight is 522 g/mol. The number of halogens is 1. The summed E-state index contributed by atoms with van der Waals surface area (Å²) >= 11 is 3.34. The van der Waals surface area contributed by atoms with Gasteiger partial charge in [0.1, 0.15) is 18.2 Å². The van der Waals surface area contributed by atoms with Crippen molar-refractivity contribution >= 4 is 33.7 Å². The summed E-state index contributed by atoms with van der Waals surface area (Å²) in [6.45, 7) is 1.22. The molecule has 1 heterocycles. The van der Waals surface area contributed by atoms with Crippen LogP contribution in [-0.4, -0.2) is 42.9 Å². The molecule has 0 fully saturated rings. The fourth-order valence-corrected chi connectivity index (χ4v) is 3.47. The van der Waals surface area contributed by atoms with E-state index in [1.54, 1.807) is 6.92 Å². The van der Waals surface area contributed by atoms with E-state index in [1.165, 1.54) is 33.5 Å². The summed E-state index contributed by atoms with van der Waals surface area (Å²) in [6, 6.07) is 4.35. The average Bonchev–Trinajstić information content (AvgIpc) is 2.79. The predicted molar refractivity (Wildman–Crippen MR) is 121 cm³/mol. The van der Waals surface area contributed by atoms with Gasteiger partial charge in [-0.2, -0.15) is 10.4 Å². The largest absolute Gasteiger partial charge is 0.493 e. The van der Waals surface area contributed by atoms with E-state index in [0.29, 0.717) is 15.7 Å². The summed E-state index contributed by atoms with van der Waals surface area (Å²) in [5, 5.41) is 24.5. The first-order chi connectivity index (χ1) is 15.7. The quantitative estimate of drug-likeness (QED) is 0.298. The molecule has 0 spiro atoms. The van der Waals surface area contributed by atoms with Gasteiger partial charge in [0.05, 0.1) is 43.6 Å². The van der Waals surface area contributed by atoms with Gasteiger partial charge in [-0.25, -0.2) is 5.43 Å². The van der Waals surface area contributed by atoms with Gasteiger partial charge in [0.2, 0.25) is 0 Å². The highest BCUT2D eigenvalue weighted by molar-refractivity contribution is 9.10. The van der Waals surface area contributed by atoms with Crippen LogP contribution in [0.15, 0.2) is 26.5 Å². The van der Waals surface area contributed by atoms with Crippen molar-refractivity contribution in [1.29, 1.82) is 5.26 Å². The number of nitrogens with one attached hydrogen (secondary N) is 1. The van der Waals surface area contributed by atoms with Crippen molar-refractivity contribution in [2.45, 2.75) is 20.1 Å².